The van der Waals surface area contributed by atoms with Crippen molar-refractivity contribution in [3.8, 4) is 82.9 Å². The summed E-state index contributed by atoms with van der Waals surface area (Å²) in [6, 6.07) is 26.9. The van der Waals surface area contributed by atoms with Crippen LogP contribution < -0.4 is 20.5 Å². The van der Waals surface area contributed by atoms with Gasteiger partial charge < -0.3 is 60.5 Å². The maximum Gasteiger partial charge on any atom is 0.308 e. The van der Waals surface area contributed by atoms with Crippen LogP contribution >= 0.6 is 57.6 Å². The van der Waals surface area contributed by atoms with E-state index in [0.29, 0.717) is 106 Å². The molecule has 9 heterocycles. The summed E-state index contributed by atoms with van der Waals surface area (Å²) in [5, 5.41) is 49.9. The van der Waals surface area contributed by atoms with Crippen LogP contribution in [0.3, 0.4) is 0 Å². The average molecular weight is 1610 g/mol. The average Bonchev–Trinajstić information content (AvgIpc) is 1.71. The molecule has 32 heteroatoms. The minimum atomic E-state index is -0.692. The lowest BCUT2D eigenvalue weighted by atomic mass is 9.86. The molecular formula is C79H77F6N11O10S5. The van der Waals surface area contributed by atoms with Gasteiger partial charge >= 0.3 is 5.97 Å². The number of phenols is 4. The van der Waals surface area contributed by atoms with E-state index in [4.69, 9.17) is 30.7 Å². The van der Waals surface area contributed by atoms with Gasteiger partial charge in [0.2, 0.25) is 17.7 Å². The molecular weight excluding hydrogens is 1540 g/mol. The number of aromatic hydroxyl groups is 4. The van der Waals surface area contributed by atoms with Crippen LogP contribution in [0.4, 0.5) is 26.3 Å². The smallest absolute Gasteiger partial charge is 0.308 e. The second-order valence-electron chi connectivity index (χ2n) is 26.5. The molecule has 5 aliphatic heterocycles. The highest BCUT2D eigenvalue weighted by Crippen LogP contribution is 2.40. The number of nitriles is 1. The van der Waals surface area contributed by atoms with Gasteiger partial charge in [0.25, 0.3) is 0 Å². The van der Waals surface area contributed by atoms with Gasteiger partial charge in [-0.3, -0.25) is 19.2 Å². The topological polar surface area (TPSA) is 294 Å². The van der Waals surface area contributed by atoms with Crippen LogP contribution in [0.15, 0.2) is 109 Å². The molecule has 6 aliphatic rings. The zero-order chi connectivity index (χ0) is 79.3. The number of nitrogens with one attached hydrogen (secondary N) is 1. The van der Waals surface area contributed by atoms with Gasteiger partial charge in [0.05, 0.1) is 48.0 Å². The summed E-state index contributed by atoms with van der Waals surface area (Å²) < 4.78 is 92.8. The van der Waals surface area contributed by atoms with Gasteiger partial charge in [0.15, 0.2) is 0 Å². The Morgan fingerprint density at radius 3 is 1.29 bits per heavy atom. The van der Waals surface area contributed by atoms with E-state index in [-0.39, 0.29) is 74.5 Å². The van der Waals surface area contributed by atoms with Crippen molar-refractivity contribution in [3.05, 3.63) is 198 Å². The van der Waals surface area contributed by atoms with E-state index in [2.05, 4.69) is 42.4 Å². The Kier molecular flexibility index (Phi) is 27.3. The van der Waals surface area contributed by atoms with E-state index >= 15 is 0 Å². The Morgan fingerprint density at radius 2 is 0.892 bits per heavy atom. The van der Waals surface area contributed by atoms with Crippen LogP contribution in [0.2, 0.25) is 0 Å². The van der Waals surface area contributed by atoms with E-state index < -0.39 is 35.1 Å². The predicted octanol–water partition coefficient (Wildman–Crippen LogP) is 14.5. The summed E-state index contributed by atoms with van der Waals surface area (Å²) >= 11 is 10.3. The lowest BCUT2D eigenvalue weighted by Crippen LogP contribution is -2.50. The number of carbonyl (C=O) groups is 4. The fourth-order valence-electron chi connectivity index (χ4n) is 12.7. The van der Waals surface area contributed by atoms with Gasteiger partial charge in [-0.15, -0.1) is 45.3 Å². The molecule has 2 fully saturated rings. The number of ether oxygens (including phenoxy) is 2. The van der Waals surface area contributed by atoms with Crippen molar-refractivity contribution in [2.45, 2.75) is 124 Å². The molecule has 0 atom stereocenters. The normalized spacial score (nSPS) is 15.9. The van der Waals surface area contributed by atoms with E-state index in [9.17, 15) is 55.7 Å². The Morgan fingerprint density at radius 1 is 0.505 bits per heavy atom. The first kappa shape index (κ1) is 81.6. The Balaban J connectivity index is 0.000000137. The molecule has 1 saturated carbocycles. The highest BCUT2D eigenvalue weighted by atomic mass is 32.1. The fraction of sp³-hybridized carbons (Fsp3) is 0.316. The third-order valence-corrected chi connectivity index (χ3v) is 23.4. The van der Waals surface area contributed by atoms with Gasteiger partial charge in [-0.1, -0.05) is 18.6 Å². The van der Waals surface area contributed by atoms with Crippen molar-refractivity contribution in [1.29, 1.82) is 5.26 Å². The number of benzene rings is 6. The van der Waals surface area contributed by atoms with Gasteiger partial charge in [-0.2, -0.15) is 5.26 Å². The summed E-state index contributed by atoms with van der Waals surface area (Å²) in [7, 11) is 0. The van der Waals surface area contributed by atoms with Crippen LogP contribution in [0.1, 0.15) is 113 Å². The number of amides is 3. The number of halogens is 6. The number of fused-ring (bicyclic) bond motifs is 4. The number of aromatic nitrogens is 4. The van der Waals surface area contributed by atoms with Gasteiger partial charge in [0, 0.05) is 189 Å². The highest BCUT2D eigenvalue weighted by Gasteiger charge is 2.36. The fourth-order valence-corrected chi connectivity index (χ4v) is 17.4. The number of nitrogens with zero attached hydrogens (tertiary/aromatic N) is 9. The number of piperidine rings is 1. The van der Waals surface area contributed by atoms with Gasteiger partial charge in [-0.25, -0.2) is 46.3 Å². The number of thiocarbonyl (C=S) groups is 1. The Labute approximate surface area is 656 Å². The standard InChI is InChI=1S/C23H28FN3O2S.C16H15FN2O3S.C14H13FN2O2S.C12H11FN2OS.C7H6FNOS.C7H4FNO/c1-15(28)27-10-7-21-22(14-27)30-23(25-21)19-6-5-17(13-20(19)24)29-18-11-16(12-18)26-8-3-2-4-9-26;1-9(20)19-6-5-14-15(8-19)23-16(18-14)12-4-3-11(7-13(12)17)22-10(2)21;1-8(18)17-5-4-12-13(7-17)20-14(16-12)10-3-2-9(19)6-11(10)15;13-9-5-7(16)1-2-8(9)12-15-10-3-4-14-6-11(10)17-12;8-6-3-4(10)1-2-5(6)7(9)11;8-7-3-6(10)2-1-5(7)4-9/h5-6,13,16,18H,2-4,7-12,14H2,1H3;3-4,7H,5-6,8H2,1-2H3;2-3,6,19H,4-5,7H2,1H3;1-2,5,14,16H,3-4,6H2;1-3,10H,(H2,9,11);1-3,10H. The van der Waals surface area contributed by atoms with E-state index in [1.165, 1.54) is 144 Å². The summed E-state index contributed by atoms with van der Waals surface area (Å²) in [4.78, 5) is 75.6. The van der Waals surface area contributed by atoms with Gasteiger partial charge in [0.1, 0.15) is 107 Å². The molecule has 580 valence electrons. The van der Waals surface area contributed by atoms with E-state index in [1.54, 1.807) is 60.9 Å². The largest absolute Gasteiger partial charge is 0.508 e. The number of phenolic OH excluding ortho intramolecular Hbond substituents is 4. The lowest BCUT2D eigenvalue weighted by molar-refractivity contribution is -0.132. The molecule has 0 unspecified atom stereocenters. The number of carbonyl (C=O) groups excluding carboxylic acids is 4. The first-order valence-corrected chi connectivity index (χ1v) is 39.1. The Bertz CT molecular complexity index is 5110. The molecule has 0 spiro atoms. The number of rotatable bonds is 9. The molecule has 0 radical (unpaired) electrons. The van der Waals surface area contributed by atoms with Crippen LogP contribution in [0.5, 0.6) is 34.5 Å². The minimum Gasteiger partial charge on any atom is -0.508 e. The first-order valence-electron chi connectivity index (χ1n) is 35.4. The van der Waals surface area contributed by atoms with Crippen molar-refractivity contribution < 1.29 is 75.4 Å². The predicted molar refractivity (Wildman–Crippen MR) is 414 cm³/mol. The molecule has 111 heavy (non-hydrogen) atoms. The number of hydrogen-bond acceptors (Lipinski definition) is 22. The molecule has 21 nitrogen and oxygen atoms in total. The van der Waals surface area contributed by atoms with Crippen LogP contribution in [-0.4, -0.2) is 140 Å². The molecule has 7 N–H and O–H groups in total. The first-order chi connectivity index (χ1) is 53.1. The Hall–Kier alpha value is -10.4. The molecule has 1 saturated heterocycles. The maximum atomic E-state index is 14.9. The molecule has 16 rings (SSSR count). The van der Waals surface area contributed by atoms with Crippen LogP contribution in [-0.2, 0) is 71.0 Å². The molecule has 4 aromatic heterocycles. The number of nitrogens with two attached hydrogens (primary N) is 1. The van der Waals surface area contributed by atoms with Crippen molar-refractivity contribution in [3.63, 3.8) is 0 Å². The number of likely N-dealkylation sites (tertiary alicyclic amines) is 1. The van der Waals surface area contributed by atoms with Crippen molar-refractivity contribution in [1.82, 2.24) is 44.9 Å². The maximum absolute atomic E-state index is 14.9. The van der Waals surface area contributed by atoms with Crippen LogP contribution in [0.25, 0.3) is 42.3 Å². The van der Waals surface area contributed by atoms with Gasteiger partial charge in [-0.05, 0) is 98.7 Å². The third-order valence-electron chi connectivity index (χ3n) is 18.7. The highest BCUT2D eigenvalue weighted by molar-refractivity contribution is 7.80. The SMILES string of the molecule is CC(=O)N1CCc2nc(-c3ccc(O)cc3F)sc2C1.CC(=O)N1CCc2nc(-c3ccc(OC4CC(N5CCCCC5)C4)cc3F)sc2C1.CC(=O)Oc1ccc(-c2nc3c(s2)CN(C(C)=O)CC3)c(F)c1.N#Cc1ccc(O)cc1F.NC(=S)c1ccc(O)cc1F.Oc1ccc(-c2nc3c(s2)CNCC3)c(F)c1. The molecule has 0 bridgehead atoms. The number of esters is 1. The van der Waals surface area contributed by atoms with Crippen LogP contribution in [0, 0.1) is 46.2 Å². The van der Waals surface area contributed by atoms with Crippen molar-refractivity contribution in [2.75, 3.05) is 39.3 Å². The number of hydrogen-bond donors (Lipinski definition) is 6. The second-order valence-corrected chi connectivity index (χ2v) is 31.3. The van der Waals surface area contributed by atoms with E-state index in [1.807, 2.05) is 11.0 Å². The summed E-state index contributed by atoms with van der Waals surface area (Å²) in [5.74, 6) is -3.04. The van der Waals surface area contributed by atoms with E-state index in [0.717, 1.165) is 100 Å². The van der Waals surface area contributed by atoms with Crippen molar-refractivity contribution >= 4 is 86.2 Å². The molecule has 3 amide bonds. The summed E-state index contributed by atoms with van der Waals surface area (Å²) in [6.45, 7) is 13.7. The molecule has 6 aromatic carbocycles. The monoisotopic (exact) mass is 1610 g/mol. The molecule has 1 aliphatic carbocycles. The number of thiazole rings is 4. The zero-order valence-corrected chi connectivity index (χ0v) is 64.7. The van der Waals surface area contributed by atoms with Crippen molar-refractivity contribution in [2.24, 2.45) is 5.73 Å². The zero-order valence-electron chi connectivity index (χ0n) is 60.6. The summed E-state index contributed by atoms with van der Waals surface area (Å²) in [6.07, 6.45) is 9.23. The lowest BCUT2D eigenvalue weighted by Gasteiger charge is -2.44. The molecule has 10 aromatic rings. The third kappa shape index (κ3) is 21.2. The second kappa shape index (κ2) is 37.1. The quantitative estimate of drug-likeness (QED) is 0.0339. The summed E-state index contributed by atoms with van der Waals surface area (Å²) in [5.41, 5.74) is 10.9. The minimum absolute atomic E-state index is 0.0116.